The highest BCUT2D eigenvalue weighted by atomic mass is 29.8. The van der Waals surface area contributed by atoms with Gasteiger partial charge in [0.05, 0.1) is 14.2 Å². The fourth-order valence-corrected chi connectivity index (χ4v) is 60.3. The van der Waals surface area contributed by atoms with Crippen molar-refractivity contribution >= 4 is 29.9 Å². The summed E-state index contributed by atoms with van der Waals surface area (Å²) in [6, 6.07) is 0. The molecule has 0 spiro atoms. The van der Waals surface area contributed by atoms with Crippen LogP contribution in [-0.2, 0) is 19.2 Å². The minimum atomic E-state index is -1.82. The van der Waals surface area contributed by atoms with Gasteiger partial charge < -0.3 is 0 Å². The van der Waals surface area contributed by atoms with E-state index in [1.54, 1.807) is 0 Å². The molecule has 0 aromatic carbocycles. The zero-order valence-corrected chi connectivity index (χ0v) is 15.6. The molecule has 0 radical (unpaired) electrons. The summed E-state index contributed by atoms with van der Waals surface area (Å²) in [6.45, 7) is 18.7. The fourth-order valence-electron chi connectivity index (χ4n) is 1.91. The highest BCUT2D eigenvalue weighted by molar-refractivity contribution is 7.81. The number of hydrogen-bond acceptors (Lipinski definition) is 4. The first-order valence-corrected chi connectivity index (χ1v) is 20.5. The third-order valence-electron chi connectivity index (χ3n) is 5.09. The Bertz CT molecular complexity index is 249. The molecule has 96 valence electrons. The topological polar surface area (TPSA) is 36.9 Å². The highest BCUT2D eigenvalue weighted by Gasteiger charge is 2.64. The minimum absolute atomic E-state index is 1.48. The van der Waals surface area contributed by atoms with Crippen molar-refractivity contribution in [1.82, 2.24) is 0 Å². The van der Waals surface area contributed by atoms with Gasteiger partial charge >= 0.3 is 0 Å². The Hall–Kier alpha value is 0.708. The van der Waals surface area contributed by atoms with Gasteiger partial charge in [-0.1, -0.05) is 26.2 Å². The molecule has 1 heterocycles. The van der Waals surface area contributed by atoms with Crippen molar-refractivity contribution in [3.05, 3.63) is 0 Å². The molecule has 0 aromatic rings. The predicted molar refractivity (Wildman–Crippen MR) is 74.3 cm³/mol. The van der Waals surface area contributed by atoms with Crippen LogP contribution in [-0.4, -0.2) is 29.9 Å². The Labute approximate surface area is 102 Å². The molecule has 0 unspecified atom stereocenters. The Kier molecular flexibility index (Phi) is 3.81. The zero-order chi connectivity index (χ0) is 12.8. The first-order valence-electron chi connectivity index (χ1n) is 5.66. The van der Waals surface area contributed by atoms with Gasteiger partial charge in [0.1, 0.15) is 0 Å². The summed E-state index contributed by atoms with van der Waals surface area (Å²) in [7, 11) is -6.59. The first kappa shape index (κ1) is 14.8. The molecule has 0 bridgehead atoms. The lowest BCUT2D eigenvalue weighted by Gasteiger charge is -2.52. The van der Waals surface area contributed by atoms with E-state index in [9.17, 15) is 0 Å². The van der Waals surface area contributed by atoms with E-state index < -0.39 is 29.9 Å². The predicted octanol–water partition coefficient (Wildman–Crippen LogP) is 2.87. The standard InChI is InChI=1S/C8H24O4Si4/c1-13(2)11-9-10-12-14(3,4)16(7,8)15(13,5)6/h1-8H3. The van der Waals surface area contributed by atoms with E-state index >= 15 is 0 Å². The van der Waals surface area contributed by atoms with E-state index in [4.69, 9.17) is 19.2 Å². The van der Waals surface area contributed by atoms with E-state index in [1.165, 1.54) is 0 Å². The van der Waals surface area contributed by atoms with Crippen LogP contribution in [0.2, 0.25) is 52.4 Å². The van der Waals surface area contributed by atoms with Gasteiger partial charge in [0, 0.05) is 0 Å². The van der Waals surface area contributed by atoms with Crippen LogP contribution in [0, 0.1) is 0 Å². The normalized spacial score (nSPS) is 31.5. The second kappa shape index (κ2) is 4.12. The van der Waals surface area contributed by atoms with Crippen molar-refractivity contribution in [1.29, 1.82) is 0 Å². The maximum atomic E-state index is 5.52. The van der Waals surface area contributed by atoms with Gasteiger partial charge in [-0.15, -0.1) is 0 Å². The van der Waals surface area contributed by atoms with Crippen molar-refractivity contribution in [3.63, 3.8) is 0 Å². The second-order valence-corrected chi connectivity index (χ2v) is 44.7. The van der Waals surface area contributed by atoms with E-state index in [2.05, 4.69) is 52.4 Å². The monoisotopic (exact) mass is 296 g/mol. The second-order valence-electron chi connectivity index (χ2n) is 6.57. The van der Waals surface area contributed by atoms with Crippen molar-refractivity contribution < 1.29 is 19.2 Å². The molecule has 4 nitrogen and oxygen atoms in total. The molecule has 0 amide bonds. The summed E-state index contributed by atoms with van der Waals surface area (Å²) < 4.78 is 11.0. The molecule has 0 aliphatic carbocycles. The van der Waals surface area contributed by atoms with Gasteiger partial charge in [-0.25, -0.2) is 0 Å². The van der Waals surface area contributed by atoms with Crippen LogP contribution in [0.4, 0.5) is 0 Å². The third-order valence-corrected chi connectivity index (χ3v) is 67.5. The zero-order valence-electron chi connectivity index (χ0n) is 11.6. The molecule has 1 rings (SSSR count). The maximum absolute atomic E-state index is 5.52. The molecular formula is C8H24O4Si4. The Morgan fingerprint density at radius 2 is 0.750 bits per heavy atom. The highest BCUT2D eigenvalue weighted by Crippen LogP contribution is 2.37. The molecule has 0 aromatic heterocycles. The van der Waals surface area contributed by atoms with E-state index in [0.717, 1.165) is 0 Å². The van der Waals surface area contributed by atoms with Crippen LogP contribution in [0.25, 0.3) is 0 Å². The van der Waals surface area contributed by atoms with Crippen molar-refractivity contribution in [2.24, 2.45) is 0 Å². The van der Waals surface area contributed by atoms with Crippen LogP contribution < -0.4 is 0 Å². The Morgan fingerprint density at radius 3 is 1.00 bits per heavy atom. The molecule has 1 aliphatic heterocycles. The number of rotatable bonds is 0. The van der Waals surface area contributed by atoms with Crippen molar-refractivity contribution in [3.8, 4) is 0 Å². The fraction of sp³-hybridized carbons (Fsp3) is 1.00. The largest absolute Gasteiger partial charge is 0.259 e. The van der Waals surface area contributed by atoms with Crippen LogP contribution >= 0.6 is 0 Å². The lowest BCUT2D eigenvalue weighted by molar-refractivity contribution is -0.585. The molecule has 1 saturated heterocycles. The van der Waals surface area contributed by atoms with Crippen molar-refractivity contribution in [2.75, 3.05) is 0 Å². The SMILES string of the molecule is C[Si]1(C)OOOO[Si](C)(C)[Si](C)(C)[Si]1(C)C. The van der Waals surface area contributed by atoms with Gasteiger partial charge in [-0.05, 0) is 36.3 Å². The summed E-state index contributed by atoms with van der Waals surface area (Å²) in [5.41, 5.74) is 0. The average Bonchev–Trinajstić information content (AvgIpc) is 2.10. The van der Waals surface area contributed by atoms with Crippen LogP contribution in [0.15, 0.2) is 0 Å². The van der Waals surface area contributed by atoms with Crippen LogP contribution in [0.3, 0.4) is 0 Å². The smallest absolute Gasteiger partial charge is 0.221 e. The molecule has 8 heteroatoms. The van der Waals surface area contributed by atoms with Gasteiger partial charge in [-0.2, -0.15) is 0 Å². The van der Waals surface area contributed by atoms with Crippen LogP contribution in [0.1, 0.15) is 0 Å². The molecule has 0 N–H and O–H groups in total. The lowest BCUT2D eigenvalue weighted by Crippen LogP contribution is -2.81. The molecule has 1 aliphatic rings. The summed E-state index contributed by atoms with van der Waals surface area (Å²) in [5.74, 6) is 0. The average molecular weight is 297 g/mol. The Balaban J connectivity index is 3.23. The van der Waals surface area contributed by atoms with E-state index in [-0.39, 0.29) is 0 Å². The molecule has 1 fully saturated rings. The quantitative estimate of drug-likeness (QED) is 0.509. The van der Waals surface area contributed by atoms with Crippen LogP contribution in [0.5, 0.6) is 0 Å². The van der Waals surface area contributed by atoms with Gasteiger partial charge in [0.2, 0.25) is 15.7 Å². The molecular weight excluding hydrogens is 272 g/mol. The summed E-state index contributed by atoms with van der Waals surface area (Å²) in [6.07, 6.45) is 0. The van der Waals surface area contributed by atoms with Gasteiger partial charge in [-0.3, -0.25) is 9.15 Å². The van der Waals surface area contributed by atoms with Gasteiger partial charge in [0.25, 0.3) is 0 Å². The summed E-state index contributed by atoms with van der Waals surface area (Å²) in [5, 5.41) is 9.57. The van der Waals surface area contributed by atoms with Gasteiger partial charge in [0.15, 0.2) is 0 Å². The summed E-state index contributed by atoms with van der Waals surface area (Å²) in [4.78, 5) is 0. The molecule has 0 saturated carbocycles. The third kappa shape index (κ3) is 2.05. The number of hydrogen-bond donors (Lipinski definition) is 0. The molecule has 16 heavy (non-hydrogen) atoms. The summed E-state index contributed by atoms with van der Waals surface area (Å²) >= 11 is 0. The maximum Gasteiger partial charge on any atom is 0.221 e. The van der Waals surface area contributed by atoms with Crippen molar-refractivity contribution in [2.45, 2.75) is 52.4 Å². The molecule has 0 atom stereocenters. The lowest BCUT2D eigenvalue weighted by atomic mass is 11.9. The van der Waals surface area contributed by atoms with E-state index in [0.29, 0.717) is 0 Å². The first-order chi connectivity index (χ1) is 6.96. The minimum Gasteiger partial charge on any atom is -0.259 e. The Morgan fingerprint density at radius 1 is 0.500 bits per heavy atom. The van der Waals surface area contributed by atoms with E-state index in [1.807, 2.05) is 0 Å².